The Hall–Kier alpha value is -1.14. The number of hydrogen-bond donors (Lipinski definition) is 3. The van der Waals surface area contributed by atoms with Crippen LogP contribution in [0.25, 0.3) is 0 Å². The minimum Gasteiger partial charge on any atom is -0.480 e. The van der Waals surface area contributed by atoms with Crippen LogP contribution in [0.3, 0.4) is 0 Å². The van der Waals surface area contributed by atoms with E-state index in [-0.39, 0.29) is 0 Å². The lowest BCUT2D eigenvalue weighted by molar-refractivity contribution is -0.139. The van der Waals surface area contributed by atoms with E-state index < -0.39 is 12.0 Å². The van der Waals surface area contributed by atoms with E-state index in [9.17, 15) is 4.79 Å². The molecule has 78 valence electrons. The number of carboxylic acids is 1. The van der Waals surface area contributed by atoms with E-state index in [1.807, 2.05) is 0 Å². The van der Waals surface area contributed by atoms with Crippen molar-refractivity contribution in [1.29, 1.82) is 0 Å². The molecular formula is C8H13N3O2S. The summed E-state index contributed by atoms with van der Waals surface area (Å²) in [5.41, 5.74) is 0. The smallest absolute Gasteiger partial charge is 0.321 e. The largest absolute Gasteiger partial charge is 0.480 e. The zero-order chi connectivity index (χ0) is 10.6. The molecule has 1 rings (SSSR count). The zero-order valence-corrected chi connectivity index (χ0v) is 8.89. The number of carboxylic acid groups (broad SMARTS) is 1. The molecule has 0 aliphatic carbocycles. The van der Waals surface area contributed by atoms with Crippen LogP contribution in [0.5, 0.6) is 0 Å². The standard InChI is InChI=1S/C8H13N3O2S/c1-9-6(7(12)13)3-5-4-11-8(10-2)14-5/h4,6,9H,3H2,1-2H3,(H,10,11)(H,12,13)/t6-/m1/s1. The third-order valence-corrected chi connectivity index (χ3v) is 2.86. The average molecular weight is 215 g/mol. The molecule has 0 aliphatic heterocycles. The minimum atomic E-state index is -0.841. The molecule has 0 fully saturated rings. The van der Waals surface area contributed by atoms with Gasteiger partial charge in [0, 0.05) is 24.5 Å². The van der Waals surface area contributed by atoms with Crippen molar-refractivity contribution in [2.24, 2.45) is 0 Å². The van der Waals surface area contributed by atoms with Gasteiger partial charge in [-0.15, -0.1) is 11.3 Å². The number of carbonyl (C=O) groups is 1. The van der Waals surface area contributed by atoms with Gasteiger partial charge in [0.1, 0.15) is 6.04 Å². The molecule has 6 heteroatoms. The fourth-order valence-corrected chi connectivity index (χ4v) is 1.84. The Balaban J connectivity index is 2.62. The second-order valence-corrected chi connectivity index (χ2v) is 3.88. The number of thiazole rings is 1. The maximum Gasteiger partial charge on any atom is 0.321 e. The molecule has 5 nitrogen and oxygen atoms in total. The monoisotopic (exact) mass is 215 g/mol. The van der Waals surface area contributed by atoms with Crippen molar-refractivity contribution in [2.45, 2.75) is 12.5 Å². The van der Waals surface area contributed by atoms with Gasteiger partial charge in [0.05, 0.1) is 0 Å². The molecule has 0 aliphatic rings. The lowest BCUT2D eigenvalue weighted by Crippen LogP contribution is -2.35. The lowest BCUT2D eigenvalue weighted by Gasteiger charge is -2.08. The van der Waals surface area contributed by atoms with Crippen LogP contribution < -0.4 is 10.6 Å². The number of aromatic nitrogens is 1. The molecule has 1 atom stereocenters. The van der Waals surface area contributed by atoms with Gasteiger partial charge < -0.3 is 15.7 Å². The van der Waals surface area contributed by atoms with E-state index >= 15 is 0 Å². The molecular weight excluding hydrogens is 202 g/mol. The van der Waals surface area contributed by atoms with Gasteiger partial charge in [-0.3, -0.25) is 4.79 Å². The molecule has 0 amide bonds. The van der Waals surface area contributed by atoms with Crippen molar-refractivity contribution >= 4 is 22.4 Å². The summed E-state index contributed by atoms with van der Waals surface area (Å²) in [6, 6.07) is -0.542. The Morgan fingerprint density at radius 3 is 2.86 bits per heavy atom. The summed E-state index contributed by atoms with van der Waals surface area (Å²) in [6.07, 6.45) is 2.16. The van der Waals surface area contributed by atoms with Gasteiger partial charge in [-0.25, -0.2) is 4.98 Å². The summed E-state index contributed by atoms with van der Waals surface area (Å²) in [5.74, 6) is -0.841. The van der Waals surface area contributed by atoms with Gasteiger partial charge >= 0.3 is 5.97 Å². The summed E-state index contributed by atoms with van der Waals surface area (Å²) in [7, 11) is 3.42. The first kappa shape index (κ1) is 10.9. The van der Waals surface area contributed by atoms with Crippen molar-refractivity contribution < 1.29 is 9.90 Å². The Bertz CT molecular complexity index is 313. The highest BCUT2D eigenvalue weighted by Crippen LogP contribution is 2.18. The second-order valence-electron chi connectivity index (χ2n) is 2.77. The first-order chi connectivity index (χ1) is 6.67. The summed E-state index contributed by atoms with van der Waals surface area (Å²) in [4.78, 5) is 15.7. The fraction of sp³-hybridized carbons (Fsp3) is 0.500. The topological polar surface area (TPSA) is 74.2 Å². The van der Waals surface area contributed by atoms with Crippen LogP contribution in [-0.4, -0.2) is 36.2 Å². The predicted octanol–water partition coefficient (Wildman–Crippen LogP) is 0.400. The van der Waals surface area contributed by atoms with Crippen LogP contribution in [0.2, 0.25) is 0 Å². The Morgan fingerprint density at radius 1 is 1.71 bits per heavy atom. The third kappa shape index (κ3) is 2.68. The van der Waals surface area contributed by atoms with Gasteiger partial charge in [-0.2, -0.15) is 0 Å². The molecule has 0 bridgehead atoms. The molecule has 0 radical (unpaired) electrons. The van der Waals surface area contributed by atoms with Crippen LogP contribution in [0, 0.1) is 0 Å². The molecule has 1 aromatic heterocycles. The van der Waals surface area contributed by atoms with E-state index in [1.165, 1.54) is 11.3 Å². The Labute approximate surface area is 86.2 Å². The number of likely N-dealkylation sites (N-methyl/N-ethyl adjacent to an activating group) is 1. The minimum absolute atomic E-state index is 0.463. The summed E-state index contributed by atoms with van der Waals surface area (Å²) in [6.45, 7) is 0. The van der Waals surface area contributed by atoms with Crippen molar-refractivity contribution in [3.8, 4) is 0 Å². The SMILES string of the molecule is CNc1ncc(C[C@@H](NC)C(=O)O)s1. The zero-order valence-electron chi connectivity index (χ0n) is 8.07. The highest BCUT2D eigenvalue weighted by atomic mass is 32.1. The molecule has 0 aromatic carbocycles. The number of anilines is 1. The summed E-state index contributed by atoms with van der Waals surface area (Å²) < 4.78 is 0. The van der Waals surface area contributed by atoms with Gasteiger partial charge in [0.15, 0.2) is 5.13 Å². The van der Waals surface area contributed by atoms with Crippen LogP contribution in [0.15, 0.2) is 6.20 Å². The number of rotatable bonds is 5. The number of nitrogens with one attached hydrogen (secondary N) is 2. The van der Waals surface area contributed by atoms with E-state index in [0.717, 1.165) is 10.0 Å². The van der Waals surface area contributed by atoms with E-state index in [4.69, 9.17) is 5.11 Å². The van der Waals surface area contributed by atoms with Gasteiger partial charge in [0.25, 0.3) is 0 Å². The molecule has 14 heavy (non-hydrogen) atoms. The molecule has 0 spiro atoms. The summed E-state index contributed by atoms with van der Waals surface area (Å²) >= 11 is 1.47. The van der Waals surface area contributed by atoms with Crippen LogP contribution in [0.1, 0.15) is 4.88 Å². The second kappa shape index (κ2) is 4.92. The van der Waals surface area contributed by atoms with Crippen LogP contribution in [-0.2, 0) is 11.2 Å². The highest BCUT2D eigenvalue weighted by molar-refractivity contribution is 7.15. The molecule has 3 N–H and O–H groups in total. The van der Waals surface area contributed by atoms with Crippen LogP contribution >= 0.6 is 11.3 Å². The molecule has 0 unspecified atom stereocenters. The fourth-order valence-electron chi connectivity index (χ4n) is 1.03. The van der Waals surface area contributed by atoms with E-state index in [2.05, 4.69) is 15.6 Å². The first-order valence-electron chi connectivity index (χ1n) is 4.20. The van der Waals surface area contributed by atoms with Crippen molar-refractivity contribution in [3.05, 3.63) is 11.1 Å². The normalized spacial score (nSPS) is 12.4. The first-order valence-corrected chi connectivity index (χ1v) is 5.01. The summed E-state index contributed by atoms with van der Waals surface area (Å²) in [5, 5.41) is 15.3. The molecule has 0 saturated carbocycles. The quantitative estimate of drug-likeness (QED) is 0.663. The van der Waals surface area contributed by atoms with Crippen molar-refractivity contribution in [1.82, 2.24) is 10.3 Å². The Kier molecular flexibility index (Phi) is 3.84. The molecule has 1 heterocycles. The van der Waals surface area contributed by atoms with E-state index in [0.29, 0.717) is 6.42 Å². The number of aliphatic carboxylic acids is 1. The third-order valence-electron chi connectivity index (χ3n) is 1.82. The number of nitrogens with zero attached hydrogens (tertiary/aromatic N) is 1. The van der Waals surface area contributed by atoms with Gasteiger partial charge in [0.2, 0.25) is 0 Å². The van der Waals surface area contributed by atoms with Gasteiger partial charge in [-0.05, 0) is 7.05 Å². The molecule has 1 aromatic rings. The number of hydrogen-bond acceptors (Lipinski definition) is 5. The maximum atomic E-state index is 10.7. The maximum absolute atomic E-state index is 10.7. The van der Waals surface area contributed by atoms with Gasteiger partial charge in [-0.1, -0.05) is 0 Å². The Morgan fingerprint density at radius 2 is 2.43 bits per heavy atom. The predicted molar refractivity (Wildman–Crippen MR) is 55.8 cm³/mol. The molecule has 0 saturated heterocycles. The van der Waals surface area contributed by atoms with Crippen molar-refractivity contribution in [3.63, 3.8) is 0 Å². The lowest BCUT2D eigenvalue weighted by atomic mass is 10.2. The van der Waals surface area contributed by atoms with Crippen molar-refractivity contribution in [2.75, 3.05) is 19.4 Å². The highest BCUT2D eigenvalue weighted by Gasteiger charge is 2.16. The van der Waals surface area contributed by atoms with E-state index in [1.54, 1.807) is 20.3 Å². The van der Waals surface area contributed by atoms with Crippen LogP contribution in [0.4, 0.5) is 5.13 Å². The average Bonchev–Trinajstić information content (AvgIpc) is 2.61.